The Bertz CT molecular complexity index is 926. The van der Waals surface area contributed by atoms with Crippen LogP contribution >= 0.6 is 0 Å². The lowest BCUT2D eigenvalue weighted by molar-refractivity contribution is -0.154. The highest BCUT2D eigenvalue weighted by Crippen LogP contribution is 2.24. The van der Waals surface area contributed by atoms with Crippen molar-refractivity contribution in [1.29, 1.82) is 0 Å². The van der Waals surface area contributed by atoms with E-state index in [1.165, 1.54) is 4.90 Å². The highest BCUT2D eigenvalue weighted by atomic mass is 16.5. The first-order chi connectivity index (χ1) is 15.7. The minimum atomic E-state index is -0.586. The summed E-state index contributed by atoms with van der Waals surface area (Å²) in [7, 11) is 0. The largest absolute Gasteiger partial charge is 0.465 e. The molecule has 0 radical (unpaired) electrons. The first-order valence-electron chi connectivity index (χ1n) is 11.7. The summed E-state index contributed by atoms with van der Waals surface area (Å²) in [6, 6.07) is 5.58. The van der Waals surface area contributed by atoms with Crippen LogP contribution in [-0.4, -0.2) is 66.3 Å². The molecule has 0 atom stereocenters. The van der Waals surface area contributed by atoms with E-state index in [4.69, 9.17) is 9.47 Å². The summed E-state index contributed by atoms with van der Waals surface area (Å²) >= 11 is 0. The lowest BCUT2D eigenvalue weighted by Crippen LogP contribution is -2.54. The lowest BCUT2D eigenvalue weighted by atomic mass is 9.97. The molecule has 8 nitrogen and oxygen atoms in total. The second-order valence-electron chi connectivity index (χ2n) is 10.9. The summed E-state index contributed by atoms with van der Waals surface area (Å²) < 4.78 is 10.7. The van der Waals surface area contributed by atoms with Crippen LogP contribution in [0.2, 0.25) is 0 Å². The Balaban J connectivity index is 1.82. The van der Waals surface area contributed by atoms with Gasteiger partial charge in [0, 0.05) is 13.1 Å². The van der Waals surface area contributed by atoms with Crippen molar-refractivity contribution in [3.8, 4) is 5.75 Å². The number of hydrogen-bond acceptors (Lipinski definition) is 6. The Hall–Kier alpha value is -2.90. The molecule has 34 heavy (non-hydrogen) atoms. The molecule has 0 spiro atoms. The van der Waals surface area contributed by atoms with Gasteiger partial charge in [-0.25, -0.2) is 0 Å². The highest BCUT2D eigenvalue weighted by molar-refractivity contribution is 5.92. The van der Waals surface area contributed by atoms with Crippen molar-refractivity contribution >= 4 is 23.8 Å². The number of carbonyl (C=O) groups excluding carboxylic acids is 4. The van der Waals surface area contributed by atoms with E-state index in [0.717, 1.165) is 11.1 Å². The maximum Gasteiger partial charge on any atom is 0.316 e. The van der Waals surface area contributed by atoms with Crippen molar-refractivity contribution < 1.29 is 28.7 Å². The summed E-state index contributed by atoms with van der Waals surface area (Å²) in [5.74, 6) is -0.258. The van der Waals surface area contributed by atoms with Crippen LogP contribution < -0.4 is 4.74 Å². The predicted molar refractivity (Wildman–Crippen MR) is 128 cm³/mol. The number of ether oxygens (including phenoxy) is 2. The molecule has 188 valence electrons. The lowest BCUT2D eigenvalue weighted by Gasteiger charge is -2.34. The fourth-order valence-corrected chi connectivity index (χ4v) is 3.25. The topological polar surface area (TPSA) is 93.2 Å². The van der Waals surface area contributed by atoms with E-state index in [0.29, 0.717) is 31.7 Å². The van der Waals surface area contributed by atoms with E-state index < -0.39 is 10.8 Å². The fraction of sp³-hybridized carbons (Fsp3) is 0.615. The number of nitrogens with zero attached hydrogens (tertiary/aromatic N) is 2. The summed E-state index contributed by atoms with van der Waals surface area (Å²) in [5.41, 5.74) is 0.690. The first kappa shape index (κ1) is 27.3. The van der Waals surface area contributed by atoms with Gasteiger partial charge in [-0.1, -0.05) is 12.1 Å². The Morgan fingerprint density at radius 3 is 1.97 bits per heavy atom. The summed E-state index contributed by atoms with van der Waals surface area (Å²) in [4.78, 5) is 52.1. The number of rotatable bonds is 8. The molecule has 1 saturated heterocycles. The van der Waals surface area contributed by atoms with E-state index >= 15 is 0 Å². The quantitative estimate of drug-likeness (QED) is 0.326. The van der Waals surface area contributed by atoms with Gasteiger partial charge in [0.1, 0.15) is 5.75 Å². The third-order valence-corrected chi connectivity index (χ3v) is 5.50. The Morgan fingerprint density at radius 2 is 1.44 bits per heavy atom. The number of hydrogen-bond donors (Lipinski definition) is 0. The van der Waals surface area contributed by atoms with Crippen LogP contribution in [0.3, 0.4) is 0 Å². The molecule has 1 aromatic rings. The van der Waals surface area contributed by atoms with Gasteiger partial charge >= 0.3 is 11.9 Å². The number of carbonyl (C=O) groups is 4. The molecule has 0 unspecified atom stereocenters. The van der Waals surface area contributed by atoms with Gasteiger partial charge in [0.05, 0.1) is 30.5 Å². The van der Waals surface area contributed by atoms with Gasteiger partial charge in [0.15, 0.2) is 0 Å². The molecule has 0 saturated carbocycles. The summed E-state index contributed by atoms with van der Waals surface area (Å²) in [6.45, 7) is 13.8. The molecule has 0 aliphatic carbocycles. The molecule has 1 heterocycles. The van der Waals surface area contributed by atoms with Gasteiger partial charge in [0.25, 0.3) is 0 Å². The molecule has 0 aromatic heterocycles. The van der Waals surface area contributed by atoms with Crippen LogP contribution in [0.25, 0.3) is 0 Å². The Kier molecular flexibility index (Phi) is 8.86. The minimum Gasteiger partial charge on any atom is -0.465 e. The highest BCUT2D eigenvalue weighted by Gasteiger charge is 2.30. The molecule has 8 heteroatoms. The van der Waals surface area contributed by atoms with Crippen molar-refractivity contribution in [2.24, 2.45) is 10.8 Å². The van der Waals surface area contributed by atoms with Gasteiger partial charge < -0.3 is 19.3 Å². The molecule has 2 amide bonds. The van der Waals surface area contributed by atoms with E-state index in [1.54, 1.807) is 52.5 Å². The van der Waals surface area contributed by atoms with E-state index in [9.17, 15) is 19.2 Å². The number of aryl methyl sites for hydroxylation is 1. The molecular formula is C26H38N2O6. The molecule has 0 bridgehead atoms. The van der Waals surface area contributed by atoms with Crippen molar-refractivity contribution in [3.63, 3.8) is 0 Å². The molecule has 0 N–H and O–H groups in total. The molecule has 1 aromatic carbocycles. The van der Waals surface area contributed by atoms with Crippen LogP contribution in [0.15, 0.2) is 18.2 Å². The zero-order valence-corrected chi connectivity index (χ0v) is 21.5. The van der Waals surface area contributed by atoms with Gasteiger partial charge in [-0.15, -0.1) is 0 Å². The number of esters is 2. The van der Waals surface area contributed by atoms with Gasteiger partial charge in [-0.3, -0.25) is 19.2 Å². The van der Waals surface area contributed by atoms with Gasteiger partial charge in [-0.2, -0.15) is 0 Å². The number of piperazine rings is 1. The molecule has 1 fully saturated rings. The van der Waals surface area contributed by atoms with Crippen LogP contribution in [0.5, 0.6) is 5.75 Å². The van der Waals surface area contributed by atoms with Crippen molar-refractivity contribution in [2.75, 3.05) is 32.8 Å². The maximum absolute atomic E-state index is 12.6. The molecule has 1 aliphatic rings. The zero-order chi connectivity index (χ0) is 25.7. The molecule has 1 aliphatic heterocycles. The van der Waals surface area contributed by atoms with Crippen molar-refractivity contribution in [1.82, 2.24) is 9.80 Å². The van der Waals surface area contributed by atoms with Gasteiger partial charge in [-0.05, 0) is 78.5 Å². The van der Waals surface area contributed by atoms with Crippen LogP contribution in [0.4, 0.5) is 0 Å². The second kappa shape index (κ2) is 11.0. The Labute approximate surface area is 202 Å². The third kappa shape index (κ3) is 7.85. The Morgan fingerprint density at radius 1 is 0.882 bits per heavy atom. The first-order valence-corrected chi connectivity index (χ1v) is 11.7. The predicted octanol–water partition coefficient (Wildman–Crippen LogP) is 3.14. The number of amides is 2. The normalized spacial score (nSPS) is 14.9. The van der Waals surface area contributed by atoms with E-state index in [-0.39, 0.29) is 43.4 Å². The smallest absolute Gasteiger partial charge is 0.316 e. The average molecular weight is 475 g/mol. The number of benzene rings is 1. The van der Waals surface area contributed by atoms with E-state index in [2.05, 4.69) is 0 Å². The maximum atomic E-state index is 12.6. The van der Waals surface area contributed by atoms with E-state index in [1.807, 2.05) is 19.1 Å². The standard InChI is InChI=1S/C26H38N2O6/c1-18-15-19(9-10-20(18)34-24(32)26(5,6)7)11-13-28-17-21(29)27(16-22(28)30)12-8-14-33-23(31)25(2,3)4/h9-10,15H,8,11-14,16-17H2,1-7H3. The van der Waals surface area contributed by atoms with Crippen LogP contribution in [-0.2, 0) is 30.3 Å². The SMILES string of the molecule is Cc1cc(CCN2CC(=O)N(CCCOC(=O)C(C)(C)C)CC2=O)ccc1OC(=O)C(C)(C)C. The summed E-state index contributed by atoms with van der Waals surface area (Å²) in [6.07, 6.45) is 1.09. The summed E-state index contributed by atoms with van der Waals surface area (Å²) in [5, 5.41) is 0. The monoisotopic (exact) mass is 474 g/mol. The zero-order valence-electron chi connectivity index (χ0n) is 21.5. The van der Waals surface area contributed by atoms with Crippen molar-refractivity contribution in [3.05, 3.63) is 29.3 Å². The van der Waals surface area contributed by atoms with Crippen LogP contribution in [0, 0.1) is 17.8 Å². The second-order valence-corrected chi connectivity index (χ2v) is 10.9. The van der Waals surface area contributed by atoms with Crippen LogP contribution in [0.1, 0.15) is 59.1 Å². The average Bonchev–Trinajstić information content (AvgIpc) is 2.72. The van der Waals surface area contributed by atoms with Gasteiger partial charge in [0.2, 0.25) is 11.8 Å². The fourth-order valence-electron chi connectivity index (χ4n) is 3.25. The molecular weight excluding hydrogens is 436 g/mol. The minimum absolute atomic E-state index is 0.0345. The third-order valence-electron chi connectivity index (χ3n) is 5.50. The van der Waals surface area contributed by atoms with Crippen molar-refractivity contribution in [2.45, 2.75) is 61.3 Å². The molecule has 2 rings (SSSR count).